The molecule has 0 unspecified atom stereocenters. The number of benzene rings is 2. The van der Waals surface area contributed by atoms with Gasteiger partial charge in [0.15, 0.2) is 10.2 Å². The van der Waals surface area contributed by atoms with Crippen LogP contribution in [0.25, 0.3) is 0 Å². The van der Waals surface area contributed by atoms with Crippen LogP contribution in [0.5, 0.6) is 0 Å². The molecule has 0 aliphatic carbocycles. The maximum absolute atomic E-state index is 11.8. The molecule has 0 aliphatic heterocycles. The minimum Gasteiger partial charge on any atom is -0.375 e. The van der Waals surface area contributed by atoms with Crippen LogP contribution in [0, 0.1) is 0 Å². The predicted octanol–water partition coefficient (Wildman–Crippen LogP) is 1.30. The average molecular weight is 473 g/mol. The fourth-order valence-electron chi connectivity index (χ4n) is 2.70. The molecule has 12 heteroatoms. The van der Waals surface area contributed by atoms with Gasteiger partial charge in [-0.05, 0) is 66.2 Å². The van der Waals surface area contributed by atoms with Crippen LogP contribution in [0.3, 0.4) is 0 Å². The fourth-order valence-corrected chi connectivity index (χ4v) is 5.38. The van der Waals surface area contributed by atoms with Crippen LogP contribution >= 0.6 is 24.4 Å². The summed E-state index contributed by atoms with van der Waals surface area (Å²) in [5, 5.41) is -0.520. The highest BCUT2D eigenvalue weighted by Gasteiger charge is 2.21. The van der Waals surface area contributed by atoms with Gasteiger partial charge in [-0.2, -0.15) is 0 Å². The van der Waals surface area contributed by atoms with Crippen molar-refractivity contribution in [1.82, 2.24) is 0 Å². The van der Waals surface area contributed by atoms with E-state index in [0.717, 1.165) is 32.2 Å². The van der Waals surface area contributed by atoms with E-state index in [-0.39, 0.29) is 10.2 Å². The zero-order valence-corrected chi connectivity index (χ0v) is 18.9. The van der Waals surface area contributed by atoms with Crippen LogP contribution in [-0.4, -0.2) is 39.6 Å². The highest BCUT2D eigenvalue weighted by molar-refractivity contribution is 7.95. The molecular formula is C17H20N4O4S4. The topological polar surface area (TPSA) is 127 Å². The maximum Gasteiger partial charge on any atom is 0.238 e. The Bertz CT molecular complexity index is 1040. The van der Waals surface area contributed by atoms with Gasteiger partial charge in [-0.1, -0.05) is 24.3 Å². The smallest absolute Gasteiger partial charge is 0.238 e. The molecule has 0 aromatic heterocycles. The third-order valence-corrected chi connectivity index (χ3v) is 6.55. The lowest BCUT2D eigenvalue weighted by Crippen LogP contribution is -2.39. The fraction of sp³-hybridized carbons (Fsp3) is 0.176. The van der Waals surface area contributed by atoms with Crippen molar-refractivity contribution in [3.63, 3.8) is 0 Å². The largest absolute Gasteiger partial charge is 0.375 e. The van der Waals surface area contributed by atoms with E-state index < -0.39 is 20.0 Å². The van der Waals surface area contributed by atoms with Gasteiger partial charge in [0.2, 0.25) is 20.0 Å². The highest BCUT2D eigenvalue weighted by Crippen LogP contribution is 2.22. The summed E-state index contributed by atoms with van der Waals surface area (Å²) in [7, 11) is -7.26. The van der Waals surface area contributed by atoms with Gasteiger partial charge in [0.1, 0.15) is 0 Å². The summed E-state index contributed by atoms with van der Waals surface area (Å²) in [5.41, 5.74) is 13.6. The maximum atomic E-state index is 11.8. The van der Waals surface area contributed by atoms with Gasteiger partial charge >= 0.3 is 0 Å². The van der Waals surface area contributed by atoms with E-state index in [2.05, 4.69) is 0 Å². The van der Waals surface area contributed by atoms with Gasteiger partial charge in [-0.15, -0.1) is 0 Å². The normalized spacial score (nSPS) is 11.7. The lowest BCUT2D eigenvalue weighted by atomic mass is 10.0. The molecular weight excluding hydrogens is 452 g/mol. The highest BCUT2D eigenvalue weighted by atomic mass is 32.2. The van der Waals surface area contributed by atoms with Gasteiger partial charge in [0, 0.05) is 0 Å². The summed E-state index contributed by atoms with van der Waals surface area (Å²) in [5.74, 6) is 0. The van der Waals surface area contributed by atoms with E-state index in [1.165, 1.54) is 0 Å². The Hall–Kier alpha value is -2.28. The Labute approximate surface area is 181 Å². The first-order valence-corrected chi connectivity index (χ1v) is 12.6. The first kappa shape index (κ1) is 23.0. The molecule has 29 heavy (non-hydrogen) atoms. The number of hydrogen-bond acceptors (Lipinski definition) is 6. The van der Waals surface area contributed by atoms with Crippen LogP contribution in [0.1, 0.15) is 11.1 Å². The molecule has 8 nitrogen and oxygen atoms in total. The molecule has 0 bridgehead atoms. The number of nitrogens with zero attached hydrogens (tertiary/aromatic N) is 2. The number of hydrogen-bond donors (Lipinski definition) is 2. The molecule has 0 saturated carbocycles. The van der Waals surface area contributed by atoms with Crippen LogP contribution in [0.2, 0.25) is 0 Å². The number of anilines is 2. The SMILES string of the molecule is CS(=O)(=O)N(C(N)=S)c1ccc(Cc2ccc(N(C(N)=S)S(C)(=O)=O)cc2)cc1. The van der Waals surface area contributed by atoms with E-state index in [1.807, 2.05) is 0 Å². The molecule has 0 saturated heterocycles. The summed E-state index contributed by atoms with van der Waals surface area (Å²) in [6.07, 6.45) is 2.58. The van der Waals surface area contributed by atoms with Crippen molar-refractivity contribution in [3.8, 4) is 0 Å². The summed E-state index contributed by atoms with van der Waals surface area (Å²) in [6.45, 7) is 0. The molecule has 156 valence electrons. The van der Waals surface area contributed by atoms with E-state index in [4.69, 9.17) is 35.9 Å². The number of thiocarbonyl (C=S) groups is 2. The van der Waals surface area contributed by atoms with Crippen LogP contribution in [0.15, 0.2) is 48.5 Å². The number of rotatable bonds is 6. The second-order valence-corrected chi connectivity index (χ2v) is 10.7. The Morgan fingerprint density at radius 2 is 1.00 bits per heavy atom. The molecule has 0 radical (unpaired) electrons. The van der Waals surface area contributed by atoms with E-state index in [9.17, 15) is 16.8 Å². The monoisotopic (exact) mass is 472 g/mol. The van der Waals surface area contributed by atoms with Gasteiger partial charge in [0.25, 0.3) is 0 Å². The standard InChI is InChI=1S/C17H20N4O4S4/c1-28(22,23)20(16(18)26)14-7-3-12(4-8-14)11-13-5-9-15(10-6-13)21(17(19)27)29(2,24)25/h3-10H,11H2,1-2H3,(H2,18,26)(H2,19,27). The molecule has 2 aromatic rings. The first-order valence-electron chi connectivity index (χ1n) is 8.08. The Morgan fingerprint density at radius 1 is 0.724 bits per heavy atom. The van der Waals surface area contributed by atoms with Crippen LogP contribution in [0.4, 0.5) is 11.4 Å². The van der Waals surface area contributed by atoms with Crippen molar-refractivity contribution in [3.05, 3.63) is 59.7 Å². The van der Waals surface area contributed by atoms with Gasteiger partial charge in [0.05, 0.1) is 23.9 Å². The van der Waals surface area contributed by atoms with E-state index in [0.29, 0.717) is 17.8 Å². The number of sulfonamides is 2. The molecule has 0 fully saturated rings. The van der Waals surface area contributed by atoms with E-state index >= 15 is 0 Å². The van der Waals surface area contributed by atoms with Crippen molar-refractivity contribution in [1.29, 1.82) is 0 Å². The molecule has 0 amide bonds. The second-order valence-electron chi connectivity index (χ2n) is 6.24. The van der Waals surface area contributed by atoms with E-state index in [1.54, 1.807) is 48.5 Å². The van der Waals surface area contributed by atoms with Crippen molar-refractivity contribution >= 4 is 66.1 Å². The molecule has 2 rings (SSSR count). The molecule has 2 aromatic carbocycles. The predicted molar refractivity (Wildman–Crippen MR) is 124 cm³/mol. The van der Waals surface area contributed by atoms with Gasteiger partial charge in [-0.25, -0.2) is 25.4 Å². The lowest BCUT2D eigenvalue weighted by molar-refractivity contribution is 0.601. The minimum absolute atomic E-state index is 0.260. The molecule has 4 N–H and O–H groups in total. The quantitative estimate of drug-likeness (QED) is 0.602. The summed E-state index contributed by atoms with van der Waals surface area (Å²) in [6, 6.07) is 13.5. The lowest BCUT2D eigenvalue weighted by Gasteiger charge is -2.21. The third kappa shape index (κ3) is 5.85. The molecule has 0 heterocycles. The van der Waals surface area contributed by atoms with Crippen LogP contribution < -0.4 is 20.1 Å². The third-order valence-electron chi connectivity index (χ3n) is 3.81. The number of nitrogens with two attached hydrogens (primary N) is 2. The summed E-state index contributed by atoms with van der Waals surface area (Å²) < 4.78 is 49.2. The Kier molecular flexibility index (Phi) is 6.83. The molecule has 0 atom stereocenters. The Morgan fingerprint density at radius 3 is 1.21 bits per heavy atom. The summed E-state index contributed by atoms with van der Waals surface area (Å²) in [4.78, 5) is 0. The zero-order chi connectivity index (χ0) is 22.0. The minimum atomic E-state index is -3.63. The Balaban J connectivity index is 2.23. The molecule has 0 spiro atoms. The van der Waals surface area contributed by atoms with Crippen LogP contribution in [-0.2, 0) is 26.5 Å². The average Bonchev–Trinajstić information content (AvgIpc) is 2.55. The first-order chi connectivity index (χ1) is 13.3. The zero-order valence-electron chi connectivity index (χ0n) is 15.6. The van der Waals surface area contributed by atoms with Crippen molar-refractivity contribution in [2.45, 2.75) is 6.42 Å². The van der Waals surface area contributed by atoms with Gasteiger partial charge < -0.3 is 11.5 Å². The van der Waals surface area contributed by atoms with Crippen molar-refractivity contribution in [2.75, 3.05) is 21.1 Å². The van der Waals surface area contributed by atoms with Crippen molar-refractivity contribution in [2.24, 2.45) is 11.5 Å². The molecule has 0 aliphatic rings. The van der Waals surface area contributed by atoms with Crippen molar-refractivity contribution < 1.29 is 16.8 Å². The summed E-state index contributed by atoms with van der Waals surface area (Å²) >= 11 is 9.64. The second kappa shape index (κ2) is 8.61. The van der Waals surface area contributed by atoms with Gasteiger partial charge in [-0.3, -0.25) is 0 Å².